The summed E-state index contributed by atoms with van der Waals surface area (Å²) in [6, 6.07) is 4.59. The lowest BCUT2D eigenvalue weighted by atomic mass is 10.2. The molecule has 0 aliphatic carbocycles. The van der Waals surface area contributed by atoms with Gasteiger partial charge in [0.2, 0.25) is 11.8 Å². The Labute approximate surface area is 134 Å². The standard InChI is InChI=1S/C14H14BrNO4S/c1-7(2)16-12(17)6-11(13(16)18)21-10-5-8(15)3-4-9(10)14(19)20/h3-5,7,11H,6H2,1-2H3,(H,19,20). The van der Waals surface area contributed by atoms with Gasteiger partial charge >= 0.3 is 5.97 Å². The van der Waals surface area contributed by atoms with Gasteiger partial charge in [0.25, 0.3) is 0 Å². The summed E-state index contributed by atoms with van der Waals surface area (Å²) in [5.41, 5.74) is 0.131. The third kappa shape index (κ3) is 3.29. The molecule has 0 bridgehead atoms. The van der Waals surface area contributed by atoms with Gasteiger partial charge in [-0.05, 0) is 32.0 Å². The third-order valence-electron chi connectivity index (χ3n) is 3.10. The summed E-state index contributed by atoms with van der Waals surface area (Å²) in [6.07, 6.45) is 0.104. The Bertz CT molecular complexity index is 617. The number of amides is 2. The van der Waals surface area contributed by atoms with Crippen molar-refractivity contribution in [3.63, 3.8) is 0 Å². The minimum atomic E-state index is -1.05. The summed E-state index contributed by atoms with van der Waals surface area (Å²) in [7, 11) is 0. The minimum absolute atomic E-state index is 0.104. The molecule has 0 aromatic heterocycles. The molecule has 0 spiro atoms. The van der Waals surface area contributed by atoms with Crippen LogP contribution in [-0.4, -0.2) is 39.1 Å². The van der Waals surface area contributed by atoms with E-state index in [9.17, 15) is 19.5 Å². The number of carboxylic acids is 1. The van der Waals surface area contributed by atoms with Crippen LogP contribution in [0.25, 0.3) is 0 Å². The highest BCUT2D eigenvalue weighted by atomic mass is 79.9. The van der Waals surface area contributed by atoms with Gasteiger partial charge in [0.1, 0.15) is 0 Å². The normalized spacial score (nSPS) is 18.7. The number of carbonyl (C=O) groups excluding carboxylic acids is 2. The molecule has 1 heterocycles. The average molecular weight is 372 g/mol. The molecule has 1 unspecified atom stereocenters. The number of hydrogen-bond acceptors (Lipinski definition) is 4. The Balaban J connectivity index is 2.27. The van der Waals surface area contributed by atoms with Crippen molar-refractivity contribution in [2.24, 2.45) is 0 Å². The first-order chi connectivity index (χ1) is 9.81. The van der Waals surface area contributed by atoms with Crippen LogP contribution in [0.3, 0.4) is 0 Å². The maximum absolute atomic E-state index is 12.3. The number of likely N-dealkylation sites (tertiary alicyclic amines) is 1. The average Bonchev–Trinajstić information content (AvgIpc) is 2.64. The molecule has 112 valence electrons. The monoisotopic (exact) mass is 371 g/mol. The van der Waals surface area contributed by atoms with E-state index in [2.05, 4.69) is 15.9 Å². The SMILES string of the molecule is CC(C)N1C(=O)CC(Sc2cc(Br)ccc2C(=O)O)C1=O. The molecule has 1 aromatic carbocycles. The number of rotatable bonds is 4. The molecule has 7 heteroatoms. The molecule has 1 aliphatic rings. The molecule has 2 amide bonds. The van der Waals surface area contributed by atoms with Gasteiger partial charge in [-0.3, -0.25) is 14.5 Å². The second kappa shape index (κ2) is 6.19. The van der Waals surface area contributed by atoms with Gasteiger partial charge < -0.3 is 5.11 Å². The molecule has 1 fully saturated rings. The van der Waals surface area contributed by atoms with Crippen LogP contribution in [0.2, 0.25) is 0 Å². The molecular formula is C14H14BrNO4S. The van der Waals surface area contributed by atoms with Gasteiger partial charge in [-0.2, -0.15) is 0 Å². The molecule has 1 atom stereocenters. The number of carboxylic acid groups (broad SMARTS) is 1. The lowest BCUT2D eigenvalue weighted by Gasteiger charge is -2.19. The second-order valence-corrected chi connectivity index (χ2v) is 7.11. The zero-order chi connectivity index (χ0) is 15.7. The number of benzene rings is 1. The zero-order valence-electron chi connectivity index (χ0n) is 11.5. The van der Waals surface area contributed by atoms with E-state index in [1.807, 2.05) is 0 Å². The van der Waals surface area contributed by atoms with E-state index in [0.717, 1.165) is 16.2 Å². The van der Waals surface area contributed by atoms with Gasteiger partial charge in [-0.1, -0.05) is 15.9 Å². The quantitative estimate of drug-likeness (QED) is 0.823. The molecule has 2 rings (SSSR count). The predicted molar refractivity (Wildman–Crippen MR) is 82.4 cm³/mol. The summed E-state index contributed by atoms with van der Waals surface area (Å²) in [5.74, 6) is -1.52. The van der Waals surface area contributed by atoms with Crippen LogP contribution in [-0.2, 0) is 9.59 Å². The van der Waals surface area contributed by atoms with E-state index < -0.39 is 11.2 Å². The van der Waals surface area contributed by atoms with Crippen molar-refractivity contribution in [3.05, 3.63) is 28.2 Å². The summed E-state index contributed by atoms with van der Waals surface area (Å²) in [6.45, 7) is 3.56. The van der Waals surface area contributed by atoms with Crippen molar-refractivity contribution < 1.29 is 19.5 Å². The number of imide groups is 1. The molecule has 21 heavy (non-hydrogen) atoms. The van der Waals surface area contributed by atoms with Gasteiger partial charge in [0.15, 0.2) is 0 Å². The highest BCUT2D eigenvalue weighted by Crippen LogP contribution is 2.35. The van der Waals surface area contributed by atoms with Crippen molar-refractivity contribution in [1.82, 2.24) is 4.90 Å². The van der Waals surface area contributed by atoms with Gasteiger partial charge in [-0.15, -0.1) is 11.8 Å². The van der Waals surface area contributed by atoms with Crippen molar-refractivity contribution in [3.8, 4) is 0 Å². The lowest BCUT2D eigenvalue weighted by molar-refractivity contribution is -0.140. The van der Waals surface area contributed by atoms with Crippen LogP contribution in [0.5, 0.6) is 0 Å². The Kier molecular flexibility index (Phi) is 4.73. The highest BCUT2D eigenvalue weighted by Gasteiger charge is 2.40. The van der Waals surface area contributed by atoms with E-state index >= 15 is 0 Å². The van der Waals surface area contributed by atoms with Crippen molar-refractivity contribution in [1.29, 1.82) is 0 Å². The maximum atomic E-state index is 12.3. The molecule has 1 aliphatic heterocycles. The maximum Gasteiger partial charge on any atom is 0.336 e. The van der Waals surface area contributed by atoms with Crippen molar-refractivity contribution in [2.45, 2.75) is 36.5 Å². The fourth-order valence-electron chi connectivity index (χ4n) is 2.18. The van der Waals surface area contributed by atoms with E-state index in [1.54, 1.807) is 26.0 Å². The topological polar surface area (TPSA) is 74.7 Å². The molecular weight excluding hydrogens is 358 g/mol. The van der Waals surface area contributed by atoms with Crippen LogP contribution in [0.1, 0.15) is 30.6 Å². The van der Waals surface area contributed by atoms with Crippen LogP contribution < -0.4 is 0 Å². The molecule has 5 nitrogen and oxygen atoms in total. The van der Waals surface area contributed by atoms with E-state index in [-0.39, 0.29) is 29.8 Å². The zero-order valence-corrected chi connectivity index (χ0v) is 13.9. The Morgan fingerprint density at radius 1 is 1.43 bits per heavy atom. The Hall–Kier alpha value is -1.34. The molecule has 0 radical (unpaired) electrons. The molecule has 1 N–H and O–H groups in total. The fraction of sp³-hybridized carbons (Fsp3) is 0.357. The molecule has 1 aromatic rings. The first-order valence-corrected chi connectivity index (χ1v) is 8.04. The number of aromatic carboxylic acids is 1. The fourth-order valence-corrected chi connectivity index (χ4v) is 3.92. The van der Waals surface area contributed by atoms with Crippen LogP contribution >= 0.6 is 27.7 Å². The van der Waals surface area contributed by atoms with Crippen LogP contribution in [0, 0.1) is 0 Å². The van der Waals surface area contributed by atoms with Gasteiger partial charge in [0.05, 0.1) is 10.8 Å². The number of nitrogens with zero attached hydrogens (tertiary/aromatic N) is 1. The smallest absolute Gasteiger partial charge is 0.336 e. The number of hydrogen-bond donors (Lipinski definition) is 1. The summed E-state index contributed by atoms with van der Waals surface area (Å²) in [4.78, 5) is 37.1. The number of halogens is 1. The molecule has 1 saturated heterocycles. The van der Waals surface area contributed by atoms with E-state index in [1.165, 1.54) is 11.0 Å². The second-order valence-electron chi connectivity index (χ2n) is 4.95. The third-order valence-corrected chi connectivity index (χ3v) is 4.84. The van der Waals surface area contributed by atoms with Crippen molar-refractivity contribution >= 4 is 45.5 Å². The predicted octanol–water partition coefficient (Wildman–Crippen LogP) is 2.78. The van der Waals surface area contributed by atoms with E-state index in [4.69, 9.17) is 0 Å². The van der Waals surface area contributed by atoms with Crippen LogP contribution in [0.15, 0.2) is 27.6 Å². The summed E-state index contributed by atoms with van der Waals surface area (Å²) >= 11 is 4.42. The first-order valence-electron chi connectivity index (χ1n) is 6.36. The minimum Gasteiger partial charge on any atom is -0.478 e. The summed E-state index contributed by atoms with van der Waals surface area (Å²) in [5, 5.41) is 8.63. The lowest BCUT2D eigenvalue weighted by Crippen LogP contribution is -2.37. The van der Waals surface area contributed by atoms with Crippen LogP contribution in [0.4, 0.5) is 0 Å². The summed E-state index contributed by atoms with van der Waals surface area (Å²) < 4.78 is 0.729. The van der Waals surface area contributed by atoms with Crippen molar-refractivity contribution in [2.75, 3.05) is 0 Å². The first kappa shape index (κ1) is 16.0. The van der Waals surface area contributed by atoms with E-state index in [0.29, 0.717) is 4.90 Å². The Morgan fingerprint density at radius 2 is 2.10 bits per heavy atom. The highest BCUT2D eigenvalue weighted by molar-refractivity contribution is 9.10. The largest absolute Gasteiger partial charge is 0.478 e. The number of thioether (sulfide) groups is 1. The number of carbonyl (C=O) groups is 3. The van der Waals surface area contributed by atoms with Gasteiger partial charge in [0, 0.05) is 21.8 Å². The molecule has 0 saturated carbocycles. The Morgan fingerprint density at radius 3 is 2.62 bits per heavy atom. The van der Waals surface area contributed by atoms with Gasteiger partial charge in [-0.25, -0.2) is 4.79 Å².